The lowest BCUT2D eigenvalue weighted by molar-refractivity contribution is -0.140. The second-order valence-corrected chi connectivity index (χ2v) is 10.6. The average molecular weight is 548 g/mol. The molecular weight excluding hydrogens is 519 g/mol. The van der Waals surface area contributed by atoms with Gasteiger partial charge in [0.1, 0.15) is 12.6 Å². The number of hydrogen-bond acceptors (Lipinski definition) is 4. The number of rotatable bonds is 10. The Hall–Kier alpha value is -2.79. The first-order valence-corrected chi connectivity index (χ1v) is 13.4. The van der Waals surface area contributed by atoms with E-state index in [1.165, 1.54) is 4.90 Å². The van der Waals surface area contributed by atoms with Gasteiger partial charge in [-0.2, -0.15) is 13.2 Å². The molecule has 0 heterocycles. The Morgan fingerprint density at radius 1 is 1.11 bits per heavy atom. The second-order valence-electron chi connectivity index (χ2n) is 8.26. The molecule has 2 amide bonds. The van der Waals surface area contributed by atoms with Gasteiger partial charge in [-0.3, -0.25) is 13.9 Å². The van der Waals surface area contributed by atoms with Crippen LogP contribution in [0.15, 0.2) is 42.5 Å². The van der Waals surface area contributed by atoms with Crippen LogP contribution in [-0.4, -0.2) is 50.5 Å². The fourth-order valence-electron chi connectivity index (χ4n) is 3.69. The normalized spacial score (nSPS) is 12.7. The molecule has 0 aliphatic heterocycles. The van der Waals surface area contributed by atoms with Crippen LogP contribution in [0.25, 0.3) is 0 Å². The zero-order valence-corrected chi connectivity index (χ0v) is 22.0. The van der Waals surface area contributed by atoms with Gasteiger partial charge in [0.25, 0.3) is 0 Å². The summed E-state index contributed by atoms with van der Waals surface area (Å²) in [6.45, 7) is 4.74. The van der Waals surface area contributed by atoms with Crippen molar-refractivity contribution in [2.75, 3.05) is 23.7 Å². The van der Waals surface area contributed by atoms with Crippen LogP contribution < -0.4 is 9.62 Å². The highest BCUT2D eigenvalue weighted by molar-refractivity contribution is 7.92. The topological polar surface area (TPSA) is 86.8 Å². The molecule has 36 heavy (non-hydrogen) atoms. The number of amides is 2. The minimum atomic E-state index is -4.75. The van der Waals surface area contributed by atoms with Crippen LogP contribution in [0.4, 0.5) is 18.9 Å². The van der Waals surface area contributed by atoms with Gasteiger partial charge in [0, 0.05) is 13.1 Å². The van der Waals surface area contributed by atoms with Crippen LogP contribution in [0, 0.1) is 6.92 Å². The summed E-state index contributed by atoms with van der Waals surface area (Å²) in [5.41, 5.74) is 0.0193. The quantitative estimate of drug-likeness (QED) is 0.478. The lowest BCUT2D eigenvalue weighted by atomic mass is 10.1. The number of nitrogens with one attached hydrogen (secondary N) is 1. The maximum Gasteiger partial charge on any atom is 0.416 e. The Morgan fingerprint density at radius 3 is 2.31 bits per heavy atom. The van der Waals surface area contributed by atoms with Crippen LogP contribution >= 0.6 is 11.6 Å². The standard InChI is InChI=1S/C24H29ClF3N3O4S/c1-5-20(23(33)29-6-2)30(14-17-9-7-8-16(3)12-17)22(32)15-31(36(4,34)35)21-13-18(24(26,27)28)10-11-19(21)25/h7-13,20H,5-6,14-15H2,1-4H3,(H,29,33)/t20-/m1/s1. The van der Waals surface area contributed by atoms with E-state index >= 15 is 0 Å². The third-order valence-electron chi connectivity index (χ3n) is 5.39. The number of halogens is 4. The van der Waals surface area contributed by atoms with E-state index in [4.69, 9.17) is 11.6 Å². The predicted molar refractivity (Wildman–Crippen MR) is 133 cm³/mol. The van der Waals surface area contributed by atoms with Crippen molar-refractivity contribution in [2.45, 2.75) is 46.0 Å². The minimum Gasteiger partial charge on any atom is -0.355 e. The maximum absolute atomic E-state index is 13.5. The summed E-state index contributed by atoms with van der Waals surface area (Å²) in [7, 11) is -4.24. The van der Waals surface area contributed by atoms with Gasteiger partial charge in [-0.1, -0.05) is 48.4 Å². The summed E-state index contributed by atoms with van der Waals surface area (Å²) in [4.78, 5) is 27.5. The van der Waals surface area contributed by atoms with Crippen molar-refractivity contribution >= 4 is 39.1 Å². The molecule has 0 aliphatic rings. The van der Waals surface area contributed by atoms with Crippen molar-refractivity contribution in [3.05, 3.63) is 64.2 Å². The number of benzene rings is 2. The van der Waals surface area contributed by atoms with Crippen molar-refractivity contribution in [3.8, 4) is 0 Å². The van der Waals surface area contributed by atoms with Crippen LogP contribution in [0.2, 0.25) is 5.02 Å². The molecule has 1 N–H and O–H groups in total. The molecule has 2 aromatic carbocycles. The Balaban J connectivity index is 2.54. The molecule has 198 valence electrons. The Bertz CT molecular complexity index is 1210. The molecule has 1 atom stereocenters. The van der Waals surface area contributed by atoms with E-state index in [1.54, 1.807) is 26.0 Å². The number of carbonyl (C=O) groups excluding carboxylic acids is 2. The third-order valence-corrected chi connectivity index (χ3v) is 6.84. The molecule has 0 saturated heterocycles. The molecule has 2 rings (SSSR count). The lowest BCUT2D eigenvalue weighted by Gasteiger charge is -2.33. The molecule has 0 aromatic heterocycles. The number of anilines is 1. The summed E-state index contributed by atoms with van der Waals surface area (Å²) >= 11 is 6.08. The van der Waals surface area contributed by atoms with Gasteiger partial charge in [0.2, 0.25) is 21.8 Å². The van der Waals surface area contributed by atoms with Crippen molar-refractivity contribution in [1.82, 2.24) is 10.2 Å². The van der Waals surface area contributed by atoms with Gasteiger partial charge < -0.3 is 10.2 Å². The number of nitrogens with zero attached hydrogens (tertiary/aromatic N) is 2. The zero-order chi connectivity index (χ0) is 27.3. The van der Waals surface area contributed by atoms with E-state index in [0.29, 0.717) is 22.5 Å². The highest BCUT2D eigenvalue weighted by atomic mass is 35.5. The van der Waals surface area contributed by atoms with Gasteiger partial charge in [-0.25, -0.2) is 8.42 Å². The molecule has 2 aromatic rings. The molecule has 0 fully saturated rings. The van der Waals surface area contributed by atoms with Crippen molar-refractivity contribution < 1.29 is 31.2 Å². The Labute approximate surface area is 214 Å². The molecule has 0 saturated carbocycles. The molecule has 12 heteroatoms. The highest BCUT2D eigenvalue weighted by Crippen LogP contribution is 2.36. The van der Waals surface area contributed by atoms with Crippen LogP contribution in [0.3, 0.4) is 0 Å². The lowest BCUT2D eigenvalue weighted by Crippen LogP contribution is -2.52. The number of sulfonamides is 1. The van der Waals surface area contributed by atoms with Crippen LogP contribution in [0.1, 0.15) is 37.0 Å². The molecule has 7 nitrogen and oxygen atoms in total. The van der Waals surface area contributed by atoms with E-state index in [-0.39, 0.29) is 18.0 Å². The maximum atomic E-state index is 13.5. The van der Waals surface area contributed by atoms with E-state index in [9.17, 15) is 31.2 Å². The number of carbonyl (C=O) groups is 2. The van der Waals surface area contributed by atoms with Crippen LogP contribution in [0.5, 0.6) is 0 Å². The fourth-order valence-corrected chi connectivity index (χ4v) is 4.82. The summed E-state index contributed by atoms with van der Waals surface area (Å²) < 4.78 is 65.7. The smallest absolute Gasteiger partial charge is 0.355 e. The van der Waals surface area contributed by atoms with Gasteiger partial charge in [-0.05, 0) is 44.0 Å². The van der Waals surface area contributed by atoms with Gasteiger partial charge >= 0.3 is 6.18 Å². The molecule has 0 radical (unpaired) electrons. The van der Waals surface area contributed by atoms with E-state index < -0.39 is 51.9 Å². The van der Waals surface area contributed by atoms with Crippen molar-refractivity contribution in [2.24, 2.45) is 0 Å². The average Bonchev–Trinajstić information content (AvgIpc) is 2.76. The van der Waals surface area contributed by atoms with E-state index in [1.807, 2.05) is 19.1 Å². The molecular formula is C24H29ClF3N3O4S. The monoisotopic (exact) mass is 547 g/mol. The van der Waals surface area contributed by atoms with Gasteiger partial charge in [0.05, 0.1) is 22.5 Å². The first-order valence-electron chi connectivity index (χ1n) is 11.2. The summed E-state index contributed by atoms with van der Waals surface area (Å²) in [5.74, 6) is -1.20. The van der Waals surface area contributed by atoms with E-state index in [2.05, 4.69) is 5.32 Å². The summed E-state index contributed by atoms with van der Waals surface area (Å²) in [6, 6.07) is 8.53. The first-order chi connectivity index (χ1) is 16.7. The SMILES string of the molecule is CCNC(=O)[C@@H](CC)N(Cc1cccc(C)c1)C(=O)CN(c1cc(C(F)(F)F)ccc1Cl)S(C)(=O)=O. The zero-order valence-electron chi connectivity index (χ0n) is 20.4. The van der Waals surface area contributed by atoms with E-state index in [0.717, 1.165) is 24.0 Å². The third kappa shape index (κ3) is 7.60. The summed E-state index contributed by atoms with van der Waals surface area (Å²) in [6.07, 6.45) is -3.76. The summed E-state index contributed by atoms with van der Waals surface area (Å²) in [5, 5.41) is 2.39. The predicted octanol–water partition coefficient (Wildman–Crippen LogP) is 4.38. The Morgan fingerprint density at radius 2 is 1.78 bits per heavy atom. The first kappa shape index (κ1) is 29.4. The number of likely N-dealkylation sites (N-methyl/N-ethyl adjacent to an activating group) is 1. The largest absolute Gasteiger partial charge is 0.416 e. The molecule has 0 spiro atoms. The number of hydrogen-bond donors (Lipinski definition) is 1. The van der Waals surface area contributed by atoms with Crippen molar-refractivity contribution in [3.63, 3.8) is 0 Å². The highest BCUT2D eigenvalue weighted by Gasteiger charge is 2.35. The van der Waals surface area contributed by atoms with Gasteiger partial charge in [-0.15, -0.1) is 0 Å². The molecule has 0 aliphatic carbocycles. The minimum absolute atomic E-state index is 0.00984. The fraction of sp³-hybridized carbons (Fsp3) is 0.417. The molecule has 0 unspecified atom stereocenters. The number of alkyl halides is 3. The second kappa shape index (κ2) is 12.0. The Kier molecular flexibility index (Phi) is 9.78. The number of aryl methyl sites for hydroxylation is 1. The van der Waals surface area contributed by atoms with Crippen molar-refractivity contribution in [1.29, 1.82) is 0 Å². The van der Waals surface area contributed by atoms with Crippen LogP contribution in [-0.2, 0) is 32.3 Å². The van der Waals surface area contributed by atoms with Gasteiger partial charge in [0.15, 0.2) is 0 Å². The molecule has 0 bridgehead atoms.